The molecule has 0 aliphatic rings. The summed E-state index contributed by atoms with van der Waals surface area (Å²) in [7, 11) is 2.02. The maximum atomic E-state index is 4.57. The van der Waals surface area contributed by atoms with Crippen LogP contribution in [0, 0.1) is 0 Å². The summed E-state index contributed by atoms with van der Waals surface area (Å²) < 4.78 is 2.09. The molecule has 0 saturated heterocycles. The fraction of sp³-hybridized carbons (Fsp3) is 0.182. The summed E-state index contributed by atoms with van der Waals surface area (Å²) in [6.45, 7) is 0.653. The van der Waals surface area contributed by atoms with Gasteiger partial charge >= 0.3 is 0 Å². The van der Waals surface area contributed by atoms with Gasteiger partial charge in [-0.15, -0.1) is 10.2 Å². The summed E-state index contributed by atoms with van der Waals surface area (Å²) in [6.07, 6.45) is 0. The summed E-state index contributed by atoms with van der Waals surface area (Å²) in [4.78, 5) is 4.57. The molecule has 0 spiro atoms. The minimum absolute atomic E-state index is 0.653. The lowest BCUT2D eigenvalue weighted by Gasteiger charge is -2.02. The number of anilines is 1. The first-order chi connectivity index (χ1) is 8.34. The van der Waals surface area contributed by atoms with E-state index in [9.17, 15) is 0 Å². The van der Waals surface area contributed by atoms with E-state index < -0.39 is 0 Å². The Labute approximate surface area is 102 Å². The zero-order valence-corrected chi connectivity index (χ0v) is 10.1. The Kier molecular flexibility index (Phi) is 2.49. The molecule has 0 amide bonds. The summed E-state index contributed by atoms with van der Waals surface area (Å²) in [5.74, 6) is 0.987. The van der Waals surface area contributed by atoms with Crippen LogP contribution in [0.1, 0.15) is 5.82 Å². The maximum absolute atomic E-state index is 4.57. The molecular weight excluding hydrogens is 234 g/mol. The van der Waals surface area contributed by atoms with Crippen molar-refractivity contribution < 1.29 is 0 Å². The first-order valence-corrected chi connectivity index (χ1v) is 6.13. The SMILES string of the molecule is Cn1c(CNc2nncs2)nc2ccccc21. The smallest absolute Gasteiger partial charge is 0.205 e. The number of nitrogens with one attached hydrogen (secondary N) is 1. The van der Waals surface area contributed by atoms with E-state index in [-0.39, 0.29) is 0 Å². The number of nitrogens with zero attached hydrogens (tertiary/aromatic N) is 4. The second kappa shape index (κ2) is 4.14. The highest BCUT2D eigenvalue weighted by Crippen LogP contribution is 2.15. The molecule has 0 atom stereocenters. The molecule has 0 bridgehead atoms. The van der Waals surface area contributed by atoms with Crippen LogP contribution in [0.5, 0.6) is 0 Å². The largest absolute Gasteiger partial charge is 0.353 e. The number of imidazole rings is 1. The molecular formula is C11H11N5S. The van der Waals surface area contributed by atoms with Gasteiger partial charge in [-0.3, -0.25) is 0 Å². The van der Waals surface area contributed by atoms with Crippen molar-refractivity contribution in [2.45, 2.75) is 6.54 Å². The molecule has 0 aliphatic heterocycles. The van der Waals surface area contributed by atoms with Crippen LogP contribution in [-0.2, 0) is 13.6 Å². The number of aromatic nitrogens is 4. The summed E-state index contributed by atoms with van der Waals surface area (Å²) in [6, 6.07) is 8.10. The molecule has 6 heteroatoms. The third kappa shape index (κ3) is 1.87. The Balaban J connectivity index is 1.88. The highest BCUT2D eigenvalue weighted by Gasteiger charge is 2.06. The van der Waals surface area contributed by atoms with E-state index in [1.165, 1.54) is 11.3 Å². The van der Waals surface area contributed by atoms with Crippen LogP contribution in [0.3, 0.4) is 0 Å². The number of benzene rings is 1. The van der Waals surface area contributed by atoms with Crippen LogP contribution in [0.15, 0.2) is 29.8 Å². The van der Waals surface area contributed by atoms with Gasteiger partial charge in [-0.25, -0.2) is 4.98 Å². The van der Waals surface area contributed by atoms with Gasteiger partial charge in [-0.05, 0) is 12.1 Å². The average Bonchev–Trinajstić information content (AvgIpc) is 2.96. The lowest BCUT2D eigenvalue weighted by molar-refractivity contribution is 0.832. The monoisotopic (exact) mass is 245 g/mol. The summed E-state index contributed by atoms with van der Waals surface area (Å²) >= 11 is 1.48. The fourth-order valence-electron chi connectivity index (χ4n) is 1.76. The molecule has 3 rings (SSSR count). The number of rotatable bonds is 3. The molecule has 0 aliphatic carbocycles. The van der Waals surface area contributed by atoms with Crippen LogP contribution in [0.25, 0.3) is 11.0 Å². The van der Waals surface area contributed by atoms with Crippen LogP contribution >= 0.6 is 11.3 Å². The fourth-order valence-corrected chi connectivity index (χ4v) is 2.20. The molecule has 1 aromatic carbocycles. The van der Waals surface area contributed by atoms with Gasteiger partial charge in [-0.1, -0.05) is 23.5 Å². The van der Waals surface area contributed by atoms with E-state index in [0.29, 0.717) is 6.54 Å². The van der Waals surface area contributed by atoms with Gasteiger partial charge in [0, 0.05) is 7.05 Å². The molecule has 1 N–H and O–H groups in total. The van der Waals surface area contributed by atoms with E-state index in [1.54, 1.807) is 5.51 Å². The molecule has 0 radical (unpaired) electrons. The maximum Gasteiger partial charge on any atom is 0.205 e. The predicted octanol–water partition coefficient (Wildman–Crippen LogP) is 2.04. The van der Waals surface area contributed by atoms with Crippen LogP contribution in [0.4, 0.5) is 5.13 Å². The number of aryl methyl sites for hydroxylation is 1. The molecule has 0 fully saturated rings. The van der Waals surface area contributed by atoms with Gasteiger partial charge in [0.1, 0.15) is 11.3 Å². The van der Waals surface area contributed by atoms with Gasteiger partial charge in [0.05, 0.1) is 17.6 Å². The second-order valence-corrected chi connectivity index (χ2v) is 4.51. The quantitative estimate of drug-likeness (QED) is 0.767. The van der Waals surface area contributed by atoms with Gasteiger partial charge in [0.15, 0.2) is 0 Å². The van der Waals surface area contributed by atoms with Gasteiger partial charge in [0.2, 0.25) is 5.13 Å². The number of hydrogen-bond donors (Lipinski definition) is 1. The van der Waals surface area contributed by atoms with E-state index in [2.05, 4.69) is 31.1 Å². The van der Waals surface area contributed by atoms with E-state index in [4.69, 9.17) is 0 Å². The third-order valence-electron chi connectivity index (χ3n) is 2.64. The van der Waals surface area contributed by atoms with Crippen molar-refractivity contribution in [3.05, 3.63) is 35.6 Å². The zero-order valence-electron chi connectivity index (χ0n) is 9.29. The van der Waals surface area contributed by atoms with Crippen molar-refractivity contribution in [1.29, 1.82) is 0 Å². The molecule has 3 aromatic rings. The van der Waals surface area contributed by atoms with Crippen LogP contribution in [-0.4, -0.2) is 19.7 Å². The molecule has 2 aromatic heterocycles. The van der Waals surface area contributed by atoms with Crippen molar-refractivity contribution in [3.63, 3.8) is 0 Å². The Morgan fingerprint density at radius 1 is 1.35 bits per heavy atom. The van der Waals surface area contributed by atoms with Crippen LogP contribution < -0.4 is 5.32 Å². The zero-order chi connectivity index (χ0) is 11.7. The Morgan fingerprint density at radius 3 is 3.00 bits per heavy atom. The van der Waals surface area contributed by atoms with E-state index in [1.807, 2.05) is 25.2 Å². The Morgan fingerprint density at radius 2 is 2.24 bits per heavy atom. The van der Waals surface area contributed by atoms with Gasteiger partial charge in [-0.2, -0.15) is 0 Å². The highest BCUT2D eigenvalue weighted by molar-refractivity contribution is 7.13. The van der Waals surface area contributed by atoms with Crippen molar-refractivity contribution in [3.8, 4) is 0 Å². The molecule has 17 heavy (non-hydrogen) atoms. The minimum atomic E-state index is 0.653. The second-order valence-electron chi connectivity index (χ2n) is 3.67. The summed E-state index contributed by atoms with van der Waals surface area (Å²) in [5, 5.41) is 11.7. The summed E-state index contributed by atoms with van der Waals surface area (Å²) in [5.41, 5.74) is 3.86. The van der Waals surface area contributed by atoms with Crippen molar-refractivity contribution in [1.82, 2.24) is 19.7 Å². The van der Waals surface area contributed by atoms with E-state index >= 15 is 0 Å². The molecule has 0 unspecified atom stereocenters. The number of hydrogen-bond acceptors (Lipinski definition) is 5. The Hall–Kier alpha value is -1.95. The van der Waals surface area contributed by atoms with Crippen molar-refractivity contribution >= 4 is 27.5 Å². The topological polar surface area (TPSA) is 55.6 Å². The first kappa shape index (κ1) is 10.2. The Bertz CT molecular complexity index is 628. The minimum Gasteiger partial charge on any atom is -0.353 e. The lowest BCUT2D eigenvalue weighted by atomic mass is 10.3. The van der Waals surface area contributed by atoms with Gasteiger partial charge in [0.25, 0.3) is 0 Å². The molecule has 86 valence electrons. The number of para-hydroxylation sites is 2. The standard InChI is InChI=1S/C11H11N5S/c1-16-9-5-3-2-4-8(9)14-10(16)6-12-11-15-13-7-17-11/h2-5,7H,6H2,1H3,(H,12,15). The predicted molar refractivity (Wildman–Crippen MR) is 67.9 cm³/mol. The number of fused-ring (bicyclic) bond motifs is 1. The highest BCUT2D eigenvalue weighted by atomic mass is 32.1. The van der Waals surface area contributed by atoms with E-state index in [0.717, 1.165) is 22.0 Å². The average molecular weight is 245 g/mol. The van der Waals surface area contributed by atoms with Crippen LogP contribution in [0.2, 0.25) is 0 Å². The van der Waals surface area contributed by atoms with Crippen molar-refractivity contribution in [2.24, 2.45) is 7.05 Å². The molecule has 2 heterocycles. The van der Waals surface area contributed by atoms with Gasteiger partial charge < -0.3 is 9.88 Å². The first-order valence-electron chi connectivity index (χ1n) is 5.25. The lowest BCUT2D eigenvalue weighted by Crippen LogP contribution is -2.05. The molecule has 0 saturated carbocycles. The normalized spacial score (nSPS) is 10.9. The molecule has 5 nitrogen and oxygen atoms in total. The third-order valence-corrected chi connectivity index (χ3v) is 3.29. The van der Waals surface area contributed by atoms with Crippen molar-refractivity contribution in [2.75, 3.05) is 5.32 Å².